The number of nitrogens with zero attached hydrogens (tertiary/aromatic N) is 2. The predicted molar refractivity (Wildman–Crippen MR) is 114 cm³/mol. The van der Waals surface area contributed by atoms with Crippen molar-refractivity contribution in [3.8, 4) is 5.75 Å². The lowest BCUT2D eigenvalue weighted by atomic mass is 10.1. The maximum absolute atomic E-state index is 11.5. The van der Waals surface area contributed by atoms with Gasteiger partial charge in [-0.05, 0) is 44.0 Å². The van der Waals surface area contributed by atoms with E-state index in [1.807, 2.05) is 13.0 Å². The van der Waals surface area contributed by atoms with E-state index in [0.717, 1.165) is 45.0 Å². The van der Waals surface area contributed by atoms with E-state index in [2.05, 4.69) is 27.1 Å². The fraction of sp³-hybridized carbons (Fsp3) is 0.550. The molecule has 156 valence electrons. The maximum Gasteiger partial charge on any atom is 0.191 e. The first-order valence-electron chi connectivity index (χ1n) is 9.73. The van der Waals surface area contributed by atoms with Gasteiger partial charge in [0.25, 0.3) is 0 Å². The lowest BCUT2D eigenvalue weighted by molar-refractivity contribution is 0.225. The molecule has 1 aromatic rings. The Bertz CT molecular complexity index is 739. The second-order valence-electron chi connectivity index (χ2n) is 6.86. The lowest BCUT2D eigenvalue weighted by Crippen LogP contribution is -2.48. The van der Waals surface area contributed by atoms with Crippen LogP contribution in [0.1, 0.15) is 19.8 Å². The molecule has 0 radical (unpaired) electrons. The van der Waals surface area contributed by atoms with Crippen LogP contribution in [0.25, 0.3) is 0 Å². The number of hydrogen-bond acceptors (Lipinski definition) is 5. The fourth-order valence-corrected chi connectivity index (χ4v) is 3.69. The number of aliphatic imine (C=N–C) groups is 1. The van der Waals surface area contributed by atoms with Crippen LogP contribution in [0.4, 0.5) is 0 Å². The molecule has 1 heterocycles. The third kappa shape index (κ3) is 7.52. The molecule has 0 aliphatic carbocycles. The quantitative estimate of drug-likeness (QED) is 0.280. The number of piperidine rings is 1. The summed E-state index contributed by atoms with van der Waals surface area (Å²) < 4.78 is 28.6. The van der Waals surface area contributed by atoms with Crippen molar-refractivity contribution in [3.05, 3.63) is 36.9 Å². The Labute approximate surface area is 168 Å². The molecule has 1 fully saturated rings. The summed E-state index contributed by atoms with van der Waals surface area (Å²) in [5, 5.41) is 6.78. The van der Waals surface area contributed by atoms with Crippen molar-refractivity contribution in [2.45, 2.75) is 30.7 Å². The minimum absolute atomic E-state index is 0.288. The van der Waals surface area contributed by atoms with Gasteiger partial charge in [-0.15, -0.1) is 6.58 Å². The van der Waals surface area contributed by atoms with Crippen molar-refractivity contribution in [2.24, 2.45) is 4.99 Å². The highest BCUT2D eigenvalue weighted by Crippen LogP contribution is 2.15. The molecular formula is C20H32N4O3S. The molecule has 0 spiro atoms. The monoisotopic (exact) mass is 408 g/mol. The Hall–Kier alpha value is -2.06. The van der Waals surface area contributed by atoms with E-state index in [-0.39, 0.29) is 4.90 Å². The zero-order valence-corrected chi connectivity index (χ0v) is 17.7. The van der Waals surface area contributed by atoms with Crippen LogP contribution in [0, 0.1) is 0 Å². The maximum atomic E-state index is 11.5. The van der Waals surface area contributed by atoms with Gasteiger partial charge in [-0.1, -0.05) is 6.08 Å². The van der Waals surface area contributed by atoms with Gasteiger partial charge in [0.05, 0.1) is 11.4 Å². The van der Waals surface area contributed by atoms with E-state index < -0.39 is 9.84 Å². The summed E-state index contributed by atoms with van der Waals surface area (Å²) in [6, 6.07) is 6.86. The Kier molecular flexibility index (Phi) is 8.79. The van der Waals surface area contributed by atoms with Gasteiger partial charge in [-0.2, -0.15) is 0 Å². The molecular weight excluding hydrogens is 376 g/mol. The number of likely N-dealkylation sites (tertiary alicyclic amines) is 1. The minimum atomic E-state index is -3.19. The number of benzene rings is 1. The average Bonchev–Trinajstić information content (AvgIpc) is 2.67. The normalized spacial score (nSPS) is 16.6. The molecule has 1 saturated heterocycles. The van der Waals surface area contributed by atoms with Crippen LogP contribution < -0.4 is 15.4 Å². The highest BCUT2D eigenvalue weighted by molar-refractivity contribution is 7.90. The summed E-state index contributed by atoms with van der Waals surface area (Å²) in [6.07, 6.45) is 5.31. The Morgan fingerprint density at radius 2 is 2.00 bits per heavy atom. The summed E-state index contributed by atoms with van der Waals surface area (Å²) >= 11 is 0. The van der Waals surface area contributed by atoms with Gasteiger partial charge < -0.3 is 15.4 Å². The van der Waals surface area contributed by atoms with Crippen LogP contribution in [0.3, 0.4) is 0 Å². The molecule has 0 saturated carbocycles. The van der Waals surface area contributed by atoms with Gasteiger partial charge in [0.2, 0.25) is 0 Å². The lowest BCUT2D eigenvalue weighted by Gasteiger charge is -2.32. The van der Waals surface area contributed by atoms with Crippen LogP contribution in [-0.2, 0) is 9.84 Å². The first kappa shape index (κ1) is 22.2. The smallest absolute Gasteiger partial charge is 0.191 e. The zero-order chi connectivity index (χ0) is 20.4. The summed E-state index contributed by atoms with van der Waals surface area (Å²) in [5.41, 5.74) is 0. The van der Waals surface area contributed by atoms with Gasteiger partial charge in [-0.25, -0.2) is 13.4 Å². The van der Waals surface area contributed by atoms with Crippen LogP contribution in [0.15, 0.2) is 46.8 Å². The third-order valence-electron chi connectivity index (χ3n) is 4.54. The highest BCUT2D eigenvalue weighted by atomic mass is 32.2. The molecule has 1 aromatic carbocycles. The van der Waals surface area contributed by atoms with Crippen molar-refractivity contribution in [1.29, 1.82) is 0 Å². The zero-order valence-electron chi connectivity index (χ0n) is 16.9. The fourth-order valence-electron chi connectivity index (χ4n) is 3.06. The molecule has 0 bridgehead atoms. The standard InChI is InChI=1S/C20H32N4O3S/c1-4-13-24-14-10-17(11-15-24)23-20(21-5-2)22-12-16-27-18-6-8-19(9-7-18)28(3,25)26/h4,6-9,17H,1,5,10-16H2,2-3H3,(H2,21,22,23). The van der Waals surface area contributed by atoms with E-state index in [1.165, 1.54) is 6.26 Å². The average molecular weight is 409 g/mol. The Morgan fingerprint density at radius 3 is 2.57 bits per heavy atom. The van der Waals surface area contributed by atoms with Crippen LogP contribution in [-0.4, -0.2) is 70.9 Å². The number of ether oxygens (including phenoxy) is 1. The van der Waals surface area contributed by atoms with Crippen molar-refractivity contribution >= 4 is 15.8 Å². The molecule has 7 nitrogen and oxygen atoms in total. The third-order valence-corrected chi connectivity index (χ3v) is 5.67. The van der Waals surface area contributed by atoms with Gasteiger partial charge in [0.1, 0.15) is 12.4 Å². The number of hydrogen-bond donors (Lipinski definition) is 2. The molecule has 2 N–H and O–H groups in total. The van der Waals surface area contributed by atoms with E-state index in [9.17, 15) is 8.42 Å². The minimum Gasteiger partial charge on any atom is -0.492 e. The van der Waals surface area contributed by atoms with Crippen molar-refractivity contribution < 1.29 is 13.2 Å². The summed E-state index contributed by atoms with van der Waals surface area (Å²) in [7, 11) is -3.19. The molecule has 2 rings (SSSR count). The highest BCUT2D eigenvalue weighted by Gasteiger charge is 2.18. The molecule has 0 aromatic heterocycles. The van der Waals surface area contributed by atoms with Crippen LogP contribution in [0.5, 0.6) is 5.75 Å². The molecule has 0 amide bonds. The summed E-state index contributed by atoms with van der Waals surface area (Å²) in [6.45, 7) is 10.7. The largest absolute Gasteiger partial charge is 0.492 e. The second-order valence-corrected chi connectivity index (χ2v) is 8.88. The van der Waals surface area contributed by atoms with Gasteiger partial charge >= 0.3 is 0 Å². The van der Waals surface area contributed by atoms with E-state index in [4.69, 9.17) is 4.74 Å². The van der Waals surface area contributed by atoms with E-state index >= 15 is 0 Å². The predicted octanol–water partition coefficient (Wildman–Crippen LogP) is 1.67. The molecule has 8 heteroatoms. The van der Waals surface area contributed by atoms with Crippen LogP contribution >= 0.6 is 0 Å². The van der Waals surface area contributed by atoms with Gasteiger partial charge in [-0.3, -0.25) is 4.90 Å². The number of rotatable bonds is 9. The van der Waals surface area contributed by atoms with Gasteiger partial charge in [0.15, 0.2) is 15.8 Å². The Balaban J connectivity index is 1.78. The summed E-state index contributed by atoms with van der Waals surface area (Å²) in [5.74, 6) is 1.44. The number of guanidine groups is 1. The molecule has 28 heavy (non-hydrogen) atoms. The van der Waals surface area contributed by atoms with Gasteiger partial charge in [0, 0.05) is 38.5 Å². The number of nitrogens with one attached hydrogen (secondary N) is 2. The Morgan fingerprint density at radius 1 is 1.32 bits per heavy atom. The van der Waals surface area contributed by atoms with E-state index in [0.29, 0.717) is 24.9 Å². The molecule has 1 aliphatic rings. The first-order valence-corrected chi connectivity index (χ1v) is 11.6. The second kappa shape index (κ2) is 11.1. The molecule has 1 aliphatic heterocycles. The van der Waals surface area contributed by atoms with Crippen molar-refractivity contribution in [1.82, 2.24) is 15.5 Å². The molecule has 0 unspecified atom stereocenters. The van der Waals surface area contributed by atoms with Crippen molar-refractivity contribution in [2.75, 3.05) is 45.6 Å². The SMILES string of the molecule is C=CCN1CCC(NC(=NCCOc2ccc(S(C)(=O)=O)cc2)NCC)CC1. The van der Waals surface area contributed by atoms with Crippen molar-refractivity contribution in [3.63, 3.8) is 0 Å². The first-order chi connectivity index (χ1) is 13.4. The topological polar surface area (TPSA) is 83.0 Å². The van der Waals surface area contributed by atoms with E-state index in [1.54, 1.807) is 24.3 Å². The summed E-state index contributed by atoms with van der Waals surface area (Å²) in [4.78, 5) is 7.27. The molecule has 0 atom stereocenters. The van der Waals surface area contributed by atoms with Crippen LogP contribution in [0.2, 0.25) is 0 Å². The number of sulfone groups is 1.